The summed E-state index contributed by atoms with van der Waals surface area (Å²) in [7, 11) is 1.61. The molecule has 2 aliphatic heterocycles. The van der Waals surface area contributed by atoms with Crippen molar-refractivity contribution < 1.29 is 18.9 Å². The Balaban J connectivity index is 1.55. The zero-order valence-corrected chi connectivity index (χ0v) is 15.4. The Morgan fingerprint density at radius 1 is 1.38 bits per heavy atom. The number of hydrogen-bond acceptors (Lipinski definition) is 5. The van der Waals surface area contributed by atoms with E-state index in [1.165, 1.54) is 4.90 Å². The molecule has 0 bridgehead atoms. The van der Waals surface area contributed by atoms with Crippen LogP contribution < -0.4 is 5.32 Å². The number of carbonyl (C=O) groups is 3. The minimum Gasteiger partial charge on any atom is -0.359 e. The molecule has 9 heteroatoms. The molecule has 2 saturated heterocycles. The summed E-state index contributed by atoms with van der Waals surface area (Å²) < 4.78 is 5.24. The Bertz CT molecular complexity index is 701. The van der Waals surface area contributed by atoms with E-state index in [4.69, 9.17) is 4.52 Å². The molecule has 1 aromatic heterocycles. The number of amides is 4. The second-order valence-electron chi connectivity index (χ2n) is 7.28. The van der Waals surface area contributed by atoms with Crippen molar-refractivity contribution in [3.63, 3.8) is 0 Å². The second-order valence-corrected chi connectivity index (χ2v) is 7.28. The fraction of sp³-hybridized carbons (Fsp3) is 0.647. The van der Waals surface area contributed by atoms with Gasteiger partial charge in [0.25, 0.3) is 0 Å². The SMILES string of the molecule is CC(C)Cc1cc(CNC(=O)N2CCN3C(=O)CN(C)C(=O)C3C2)on1. The number of likely N-dealkylation sites (N-methyl/N-ethyl adjacent to an activating group) is 1. The van der Waals surface area contributed by atoms with Crippen LogP contribution in [0.15, 0.2) is 10.6 Å². The van der Waals surface area contributed by atoms with Crippen LogP contribution in [0.4, 0.5) is 4.79 Å². The molecule has 1 aromatic rings. The molecule has 1 N–H and O–H groups in total. The summed E-state index contributed by atoms with van der Waals surface area (Å²) in [6.07, 6.45) is 0.824. The van der Waals surface area contributed by atoms with E-state index in [9.17, 15) is 14.4 Å². The molecule has 2 fully saturated rings. The number of nitrogens with one attached hydrogen (secondary N) is 1. The van der Waals surface area contributed by atoms with Crippen molar-refractivity contribution in [2.45, 2.75) is 32.9 Å². The molecule has 0 aliphatic carbocycles. The van der Waals surface area contributed by atoms with Gasteiger partial charge in [0.2, 0.25) is 11.8 Å². The average molecular weight is 363 g/mol. The van der Waals surface area contributed by atoms with Gasteiger partial charge >= 0.3 is 6.03 Å². The van der Waals surface area contributed by atoms with E-state index >= 15 is 0 Å². The first-order valence-electron chi connectivity index (χ1n) is 8.87. The van der Waals surface area contributed by atoms with Gasteiger partial charge in [-0.15, -0.1) is 0 Å². The highest BCUT2D eigenvalue weighted by atomic mass is 16.5. The van der Waals surface area contributed by atoms with Crippen molar-refractivity contribution in [2.24, 2.45) is 5.92 Å². The lowest BCUT2D eigenvalue weighted by atomic mass is 10.1. The van der Waals surface area contributed by atoms with E-state index < -0.39 is 6.04 Å². The topological polar surface area (TPSA) is 99.0 Å². The number of rotatable bonds is 4. The molecule has 4 amide bonds. The molecule has 0 saturated carbocycles. The molecular weight excluding hydrogens is 338 g/mol. The number of piperazine rings is 2. The van der Waals surface area contributed by atoms with Gasteiger partial charge in [-0.2, -0.15) is 0 Å². The molecule has 0 aromatic carbocycles. The van der Waals surface area contributed by atoms with Gasteiger partial charge in [-0.05, 0) is 12.3 Å². The Hall–Kier alpha value is -2.58. The van der Waals surface area contributed by atoms with Gasteiger partial charge in [0.05, 0.1) is 25.3 Å². The third kappa shape index (κ3) is 3.81. The highest BCUT2D eigenvalue weighted by Gasteiger charge is 2.42. The Labute approximate surface area is 152 Å². The van der Waals surface area contributed by atoms with E-state index in [0.29, 0.717) is 24.8 Å². The summed E-state index contributed by atoms with van der Waals surface area (Å²) in [6, 6.07) is 0.972. The molecule has 0 radical (unpaired) electrons. The van der Waals surface area contributed by atoms with Crippen LogP contribution in [-0.2, 0) is 22.6 Å². The maximum atomic E-state index is 12.4. The summed E-state index contributed by atoms with van der Waals surface area (Å²) in [5.74, 6) is 0.871. The lowest BCUT2D eigenvalue weighted by molar-refractivity contribution is -0.157. The van der Waals surface area contributed by atoms with Crippen molar-refractivity contribution in [3.8, 4) is 0 Å². The molecule has 142 valence electrons. The quantitative estimate of drug-likeness (QED) is 0.816. The van der Waals surface area contributed by atoms with Crippen LogP contribution in [0.3, 0.4) is 0 Å². The van der Waals surface area contributed by atoms with Gasteiger partial charge in [0, 0.05) is 26.2 Å². The lowest BCUT2D eigenvalue weighted by Gasteiger charge is -2.45. The summed E-state index contributed by atoms with van der Waals surface area (Å²) in [5.41, 5.74) is 0.868. The Morgan fingerprint density at radius 3 is 2.88 bits per heavy atom. The first-order chi connectivity index (χ1) is 12.3. The fourth-order valence-corrected chi connectivity index (χ4v) is 3.33. The third-order valence-corrected chi connectivity index (χ3v) is 4.66. The zero-order valence-electron chi connectivity index (χ0n) is 15.4. The van der Waals surface area contributed by atoms with Crippen LogP contribution in [0, 0.1) is 5.92 Å². The van der Waals surface area contributed by atoms with Crippen LogP contribution in [0.25, 0.3) is 0 Å². The van der Waals surface area contributed by atoms with Crippen molar-refractivity contribution in [3.05, 3.63) is 17.5 Å². The van der Waals surface area contributed by atoms with Gasteiger partial charge in [0.15, 0.2) is 5.76 Å². The monoisotopic (exact) mass is 363 g/mol. The van der Waals surface area contributed by atoms with E-state index in [0.717, 1.165) is 12.1 Å². The molecular formula is C17H25N5O4. The maximum Gasteiger partial charge on any atom is 0.317 e. The number of aromatic nitrogens is 1. The molecule has 0 spiro atoms. The number of carbonyl (C=O) groups excluding carboxylic acids is 3. The largest absolute Gasteiger partial charge is 0.359 e. The molecule has 26 heavy (non-hydrogen) atoms. The highest BCUT2D eigenvalue weighted by molar-refractivity contribution is 5.95. The van der Waals surface area contributed by atoms with E-state index in [-0.39, 0.29) is 37.5 Å². The average Bonchev–Trinajstić information content (AvgIpc) is 3.04. The minimum atomic E-state index is -0.594. The summed E-state index contributed by atoms with van der Waals surface area (Å²) in [6.45, 7) is 5.52. The third-order valence-electron chi connectivity index (χ3n) is 4.66. The molecule has 3 heterocycles. The predicted octanol–water partition coefficient (Wildman–Crippen LogP) is 0.0675. The molecule has 1 atom stereocenters. The smallest absolute Gasteiger partial charge is 0.317 e. The Kier molecular flexibility index (Phi) is 5.15. The van der Waals surface area contributed by atoms with E-state index in [2.05, 4.69) is 24.3 Å². The zero-order chi connectivity index (χ0) is 18.8. The maximum absolute atomic E-state index is 12.4. The summed E-state index contributed by atoms with van der Waals surface area (Å²) >= 11 is 0. The van der Waals surface area contributed by atoms with E-state index in [1.54, 1.807) is 16.8 Å². The number of hydrogen-bond donors (Lipinski definition) is 1. The van der Waals surface area contributed by atoms with Crippen molar-refractivity contribution in [1.82, 2.24) is 25.2 Å². The van der Waals surface area contributed by atoms with Crippen LogP contribution >= 0.6 is 0 Å². The first-order valence-corrected chi connectivity index (χ1v) is 8.87. The highest BCUT2D eigenvalue weighted by Crippen LogP contribution is 2.17. The van der Waals surface area contributed by atoms with Crippen LogP contribution in [0.2, 0.25) is 0 Å². The van der Waals surface area contributed by atoms with Crippen LogP contribution in [-0.4, -0.2) is 77.0 Å². The molecule has 2 aliphatic rings. The van der Waals surface area contributed by atoms with Crippen LogP contribution in [0.5, 0.6) is 0 Å². The molecule has 3 rings (SSSR count). The van der Waals surface area contributed by atoms with Gasteiger partial charge in [-0.25, -0.2) is 4.79 Å². The molecule has 1 unspecified atom stereocenters. The van der Waals surface area contributed by atoms with Gasteiger partial charge < -0.3 is 24.5 Å². The van der Waals surface area contributed by atoms with Gasteiger partial charge in [-0.3, -0.25) is 9.59 Å². The van der Waals surface area contributed by atoms with Gasteiger partial charge in [-0.1, -0.05) is 19.0 Å². The van der Waals surface area contributed by atoms with Crippen molar-refractivity contribution >= 4 is 17.8 Å². The standard InChI is InChI=1S/C17H25N5O4/c1-11(2)6-12-7-13(26-19-12)8-18-17(25)21-4-5-22-14(9-21)16(24)20(3)10-15(22)23/h7,11,14H,4-6,8-10H2,1-3H3,(H,18,25). The summed E-state index contributed by atoms with van der Waals surface area (Å²) in [5, 5.41) is 6.79. The normalized spacial score (nSPS) is 20.6. The van der Waals surface area contributed by atoms with Crippen LogP contribution in [0.1, 0.15) is 25.3 Å². The summed E-state index contributed by atoms with van der Waals surface area (Å²) in [4.78, 5) is 41.3. The lowest BCUT2D eigenvalue weighted by Crippen LogP contribution is -2.67. The Morgan fingerprint density at radius 2 is 2.15 bits per heavy atom. The van der Waals surface area contributed by atoms with Gasteiger partial charge in [0.1, 0.15) is 6.04 Å². The van der Waals surface area contributed by atoms with Crippen molar-refractivity contribution in [2.75, 3.05) is 33.2 Å². The van der Waals surface area contributed by atoms with Crippen molar-refractivity contribution in [1.29, 1.82) is 0 Å². The number of urea groups is 1. The van der Waals surface area contributed by atoms with E-state index in [1.807, 2.05) is 6.07 Å². The minimum absolute atomic E-state index is 0.0727. The second kappa shape index (κ2) is 7.35. The fourth-order valence-electron chi connectivity index (χ4n) is 3.33. The first kappa shape index (κ1) is 18.2. The number of nitrogens with zero attached hydrogens (tertiary/aromatic N) is 4. The predicted molar refractivity (Wildman–Crippen MR) is 92.0 cm³/mol. The number of fused-ring (bicyclic) bond motifs is 1. The molecule has 9 nitrogen and oxygen atoms in total.